The topological polar surface area (TPSA) is 64.8 Å². The Morgan fingerprint density at radius 3 is 2.44 bits per heavy atom. The lowest BCUT2D eigenvalue weighted by Crippen LogP contribution is -2.08. The molecule has 1 aromatic heterocycles. The van der Waals surface area contributed by atoms with Gasteiger partial charge in [-0.25, -0.2) is 8.42 Å². The summed E-state index contributed by atoms with van der Waals surface area (Å²) in [5, 5.41) is 7.49. The third kappa shape index (κ3) is 1.84. The lowest BCUT2D eigenvalue weighted by atomic mass is 10.1. The number of rotatable bonds is 3. The lowest BCUT2D eigenvalue weighted by Gasteiger charge is -2.06. The predicted molar refractivity (Wildman–Crippen MR) is 59.9 cm³/mol. The van der Waals surface area contributed by atoms with Gasteiger partial charge in [-0.1, -0.05) is 13.8 Å². The molecule has 5 nitrogen and oxygen atoms in total. The Balaban J connectivity index is 2.47. The van der Waals surface area contributed by atoms with Crippen molar-refractivity contribution in [3.05, 3.63) is 5.82 Å². The second kappa shape index (κ2) is 3.43. The van der Waals surface area contributed by atoms with E-state index in [1.165, 1.54) is 0 Å². The highest BCUT2D eigenvalue weighted by molar-refractivity contribution is 8.13. The quantitative estimate of drug-likeness (QED) is 0.779. The fraction of sp³-hybridized carbons (Fsp3) is 0.778. The fourth-order valence-electron chi connectivity index (χ4n) is 1.94. The third-order valence-electron chi connectivity index (χ3n) is 3.10. The first-order chi connectivity index (χ1) is 7.27. The van der Waals surface area contributed by atoms with Gasteiger partial charge < -0.3 is 4.57 Å². The summed E-state index contributed by atoms with van der Waals surface area (Å²) in [6, 6.07) is 0. The molecule has 0 aliphatic heterocycles. The molecular formula is C9H14ClN3O2S. The monoisotopic (exact) mass is 263 g/mol. The average molecular weight is 264 g/mol. The zero-order chi connectivity index (χ0) is 12.1. The van der Waals surface area contributed by atoms with Crippen LogP contribution in [0, 0.1) is 5.41 Å². The molecular weight excluding hydrogens is 250 g/mol. The van der Waals surface area contributed by atoms with Gasteiger partial charge in [-0.15, -0.1) is 10.2 Å². The summed E-state index contributed by atoms with van der Waals surface area (Å²) in [5.41, 5.74) is 0.188. The molecule has 1 aromatic rings. The van der Waals surface area contributed by atoms with E-state index < -0.39 is 9.05 Å². The molecule has 1 unspecified atom stereocenters. The number of nitrogens with zero attached hydrogens (tertiary/aromatic N) is 3. The maximum Gasteiger partial charge on any atom is 0.296 e. The van der Waals surface area contributed by atoms with Gasteiger partial charge in [0.2, 0.25) is 0 Å². The van der Waals surface area contributed by atoms with E-state index in [4.69, 9.17) is 10.7 Å². The van der Waals surface area contributed by atoms with Gasteiger partial charge in [-0.3, -0.25) is 0 Å². The van der Waals surface area contributed by atoms with Crippen molar-refractivity contribution in [3.63, 3.8) is 0 Å². The number of hydrogen-bond acceptors (Lipinski definition) is 4. The van der Waals surface area contributed by atoms with E-state index in [0.717, 1.165) is 12.2 Å². The Kier molecular flexibility index (Phi) is 2.54. The van der Waals surface area contributed by atoms with Crippen LogP contribution < -0.4 is 0 Å². The standard InChI is InChI=1S/C9H14ClN3O2S/c1-4-13-7(6-5-9(6,2)3)11-12-8(13)16(10,14)15/h6H,4-5H2,1-3H3. The molecule has 16 heavy (non-hydrogen) atoms. The summed E-state index contributed by atoms with van der Waals surface area (Å²) in [6.45, 7) is 6.62. The summed E-state index contributed by atoms with van der Waals surface area (Å²) in [6.07, 6.45) is 1.01. The molecule has 0 amide bonds. The van der Waals surface area contributed by atoms with E-state index in [2.05, 4.69) is 24.0 Å². The molecule has 1 heterocycles. The van der Waals surface area contributed by atoms with Gasteiger partial charge in [-0.05, 0) is 18.8 Å². The molecule has 1 atom stereocenters. The van der Waals surface area contributed by atoms with Crippen LogP contribution in [-0.4, -0.2) is 23.2 Å². The fourth-order valence-corrected chi connectivity index (χ4v) is 2.91. The van der Waals surface area contributed by atoms with Crippen molar-refractivity contribution in [1.29, 1.82) is 0 Å². The molecule has 1 aliphatic rings. The molecule has 1 saturated carbocycles. The van der Waals surface area contributed by atoms with Crippen molar-refractivity contribution < 1.29 is 8.42 Å². The van der Waals surface area contributed by atoms with Gasteiger partial charge in [0, 0.05) is 23.1 Å². The predicted octanol–water partition coefficient (Wildman–Crippen LogP) is 1.74. The zero-order valence-corrected chi connectivity index (χ0v) is 11.0. The minimum atomic E-state index is -3.81. The SMILES string of the molecule is CCn1c(C2CC2(C)C)nnc1S(=O)(=O)Cl. The molecule has 1 aliphatic carbocycles. The van der Waals surface area contributed by atoms with Crippen LogP contribution in [0.25, 0.3) is 0 Å². The van der Waals surface area contributed by atoms with Crippen molar-refractivity contribution in [2.45, 2.75) is 44.8 Å². The Morgan fingerprint density at radius 2 is 2.06 bits per heavy atom. The van der Waals surface area contributed by atoms with Gasteiger partial charge >= 0.3 is 0 Å². The number of halogens is 1. The summed E-state index contributed by atoms with van der Waals surface area (Å²) in [4.78, 5) is 0. The molecule has 1 fully saturated rings. The van der Waals surface area contributed by atoms with Crippen LogP contribution in [0.2, 0.25) is 0 Å². The van der Waals surface area contributed by atoms with Gasteiger partial charge in [0.25, 0.3) is 14.2 Å². The van der Waals surface area contributed by atoms with E-state index in [0.29, 0.717) is 6.54 Å². The number of hydrogen-bond donors (Lipinski definition) is 0. The van der Waals surface area contributed by atoms with Crippen LogP contribution in [0.3, 0.4) is 0 Å². The minimum Gasteiger partial charge on any atom is -0.301 e. The van der Waals surface area contributed by atoms with E-state index in [1.54, 1.807) is 4.57 Å². The summed E-state index contributed by atoms with van der Waals surface area (Å²) in [5.74, 6) is 1.01. The zero-order valence-electron chi connectivity index (χ0n) is 9.44. The molecule has 0 aromatic carbocycles. The van der Waals surface area contributed by atoms with Crippen LogP contribution in [0.5, 0.6) is 0 Å². The van der Waals surface area contributed by atoms with Crippen LogP contribution in [0.1, 0.15) is 38.9 Å². The van der Waals surface area contributed by atoms with Crippen LogP contribution >= 0.6 is 10.7 Å². The first-order valence-corrected chi connectivity index (χ1v) is 7.46. The van der Waals surface area contributed by atoms with Gasteiger partial charge in [-0.2, -0.15) is 0 Å². The molecule has 90 valence electrons. The van der Waals surface area contributed by atoms with E-state index in [-0.39, 0.29) is 16.5 Å². The van der Waals surface area contributed by atoms with Gasteiger partial charge in [0.15, 0.2) is 0 Å². The van der Waals surface area contributed by atoms with Crippen molar-refractivity contribution in [3.8, 4) is 0 Å². The smallest absolute Gasteiger partial charge is 0.296 e. The first kappa shape index (κ1) is 11.9. The minimum absolute atomic E-state index is 0.144. The van der Waals surface area contributed by atoms with Gasteiger partial charge in [0.1, 0.15) is 5.82 Å². The Morgan fingerprint density at radius 1 is 1.50 bits per heavy atom. The van der Waals surface area contributed by atoms with Crippen molar-refractivity contribution in [1.82, 2.24) is 14.8 Å². The van der Waals surface area contributed by atoms with Gasteiger partial charge in [0.05, 0.1) is 0 Å². The molecule has 2 rings (SSSR count). The molecule has 7 heteroatoms. The second-order valence-corrected chi connectivity index (χ2v) is 7.23. The third-order valence-corrected chi connectivity index (χ3v) is 4.26. The summed E-state index contributed by atoms with van der Waals surface area (Å²) in [7, 11) is 1.49. The van der Waals surface area contributed by atoms with Crippen molar-refractivity contribution >= 4 is 19.7 Å². The van der Waals surface area contributed by atoms with E-state index in [1.807, 2.05) is 6.92 Å². The largest absolute Gasteiger partial charge is 0.301 e. The molecule has 0 saturated heterocycles. The highest BCUT2D eigenvalue weighted by Crippen LogP contribution is 2.58. The van der Waals surface area contributed by atoms with Crippen LogP contribution in [0.4, 0.5) is 0 Å². The molecule has 0 radical (unpaired) electrons. The van der Waals surface area contributed by atoms with Crippen molar-refractivity contribution in [2.24, 2.45) is 5.41 Å². The maximum atomic E-state index is 11.3. The van der Waals surface area contributed by atoms with Crippen LogP contribution in [0.15, 0.2) is 5.16 Å². The molecule has 0 bridgehead atoms. The van der Waals surface area contributed by atoms with E-state index in [9.17, 15) is 8.42 Å². The maximum absolute atomic E-state index is 11.3. The van der Waals surface area contributed by atoms with Crippen LogP contribution in [-0.2, 0) is 15.6 Å². The Hall–Kier alpha value is -0.620. The Labute approximate surface area is 99.2 Å². The summed E-state index contributed by atoms with van der Waals surface area (Å²) < 4.78 is 24.1. The van der Waals surface area contributed by atoms with E-state index >= 15 is 0 Å². The highest BCUT2D eigenvalue weighted by atomic mass is 35.7. The number of aromatic nitrogens is 3. The molecule has 0 spiro atoms. The Bertz CT molecular complexity index is 521. The second-order valence-electron chi connectivity index (χ2n) is 4.77. The summed E-state index contributed by atoms with van der Waals surface area (Å²) >= 11 is 0. The first-order valence-electron chi connectivity index (χ1n) is 5.15. The normalized spacial score (nSPS) is 23.4. The highest BCUT2D eigenvalue weighted by Gasteiger charge is 2.50. The average Bonchev–Trinajstić information content (AvgIpc) is 2.62. The molecule has 0 N–H and O–H groups in total. The lowest BCUT2D eigenvalue weighted by molar-refractivity contribution is 0.556. The van der Waals surface area contributed by atoms with Crippen molar-refractivity contribution in [2.75, 3.05) is 0 Å².